The lowest BCUT2D eigenvalue weighted by atomic mass is 9.98. The Hall–Kier alpha value is -1.58. The van der Waals surface area contributed by atoms with Gasteiger partial charge in [-0.15, -0.1) is 0 Å². The zero-order valence-electron chi connectivity index (χ0n) is 13.7. The molecule has 0 spiro atoms. The normalized spacial score (nSPS) is 19.8. The van der Waals surface area contributed by atoms with E-state index in [1.165, 1.54) is 0 Å². The highest BCUT2D eigenvalue weighted by atomic mass is 19.4. The number of alkyl halides is 22. The molecule has 0 bridgehead atoms. The van der Waals surface area contributed by atoms with Crippen LogP contribution in [-0.4, -0.2) is 60.1 Å². The fourth-order valence-electron chi connectivity index (χ4n) is 1.55. The lowest BCUT2D eigenvalue weighted by Gasteiger charge is -2.45. The third-order valence-corrected chi connectivity index (χ3v) is 3.32. The second-order valence-corrected chi connectivity index (χ2v) is 5.58. The van der Waals surface area contributed by atoms with Gasteiger partial charge in [0.05, 0.1) is 0 Å². The lowest BCUT2D eigenvalue weighted by Crippen LogP contribution is -2.75. The summed E-state index contributed by atoms with van der Waals surface area (Å²) in [6, 6.07) is 0. The Balaban J connectivity index is 7.43. The van der Waals surface area contributed by atoms with Gasteiger partial charge in [0.15, 0.2) is 0 Å². The second-order valence-electron chi connectivity index (χ2n) is 5.58. The van der Waals surface area contributed by atoms with E-state index >= 15 is 0 Å². The minimum Gasteiger partial charge on any atom is -0.284 e. The Morgan fingerprint density at radius 2 is 0.424 bits per heavy atom. The van der Waals surface area contributed by atoms with Crippen LogP contribution >= 0.6 is 0 Å². The highest BCUT2D eigenvalue weighted by Crippen LogP contribution is 2.64. The van der Waals surface area contributed by atoms with E-state index in [9.17, 15) is 96.6 Å². The van der Waals surface area contributed by atoms with Crippen LogP contribution in [0.25, 0.3) is 0 Å². The Morgan fingerprint density at radius 1 is 0.242 bits per heavy atom. The molecule has 0 radical (unpaired) electrons. The third kappa shape index (κ3) is 4.21. The van der Waals surface area contributed by atoms with Crippen molar-refractivity contribution in [2.75, 3.05) is 0 Å². The molecule has 0 aliphatic rings. The van der Waals surface area contributed by atoms with Crippen molar-refractivity contribution < 1.29 is 101 Å². The summed E-state index contributed by atoms with van der Waals surface area (Å²) < 4.78 is 278. The average Bonchev–Trinajstić information content (AvgIpc) is 2.49. The fourth-order valence-corrected chi connectivity index (χ4v) is 1.55. The molecule has 0 amide bonds. The fraction of sp³-hybridized carbons (Fsp3) is 1.00. The smallest absolute Gasteiger partial charge is 0.284 e. The van der Waals surface area contributed by atoms with Crippen molar-refractivity contribution in [3.8, 4) is 0 Å². The molecule has 0 saturated carbocycles. The Morgan fingerprint density at radius 3 is 0.545 bits per heavy atom. The van der Waals surface area contributed by atoms with Crippen molar-refractivity contribution in [3.63, 3.8) is 0 Å². The molecular weight excluding hydrogens is 554 g/mol. The largest absolute Gasteiger partial charge is 0.460 e. The van der Waals surface area contributed by atoms with E-state index in [-0.39, 0.29) is 0 Å². The van der Waals surface area contributed by atoms with Crippen molar-refractivity contribution in [2.45, 2.75) is 60.1 Å². The summed E-state index contributed by atoms with van der Waals surface area (Å²) in [7, 11) is 0. The first-order valence-corrected chi connectivity index (χ1v) is 6.57. The Bertz CT molecular complexity index is 645. The number of ether oxygens (including phenoxy) is 1. The average molecular weight is 554 g/mol. The van der Waals surface area contributed by atoms with Gasteiger partial charge in [-0.3, -0.25) is 4.74 Å². The van der Waals surface area contributed by atoms with Crippen molar-refractivity contribution in [3.05, 3.63) is 0 Å². The van der Waals surface area contributed by atoms with E-state index in [2.05, 4.69) is 0 Å². The minimum atomic E-state index is -8.96. The molecule has 0 saturated heterocycles. The zero-order chi connectivity index (χ0) is 27.7. The van der Waals surface area contributed by atoms with E-state index in [0.29, 0.717) is 0 Å². The van der Waals surface area contributed by atoms with Crippen LogP contribution in [0.15, 0.2) is 0 Å². The van der Waals surface area contributed by atoms with E-state index < -0.39 is 60.1 Å². The van der Waals surface area contributed by atoms with Gasteiger partial charge in [-0.25, -0.2) is 0 Å². The minimum absolute atomic E-state index is 0.804. The van der Waals surface area contributed by atoms with E-state index in [4.69, 9.17) is 0 Å². The van der Waals surface area contributed by atoms with Crippen LogP contribution < -0.4 is 0 Å². The van der Waals surface area contributed by atoms with Gasteiger partial charge in [0.2, 0.25) is 0 Å². The number of hydrogen-bond donors (Lipinski definition) is 0. The summed E-state index contributed by atoms with van der Waals surface area (Å²) in [4.78, 5) is 0. The SMILES string of the molecule is FC(F)(F)C(F)(F)C(F)(F)[C@@](F)(O[C@@](F)(C(F)(F)F)C(F)(F)C(F)(F)C(F)(F)F)C(F)(F)F. The van der Waals surface area contributed by atoms with Crippen LogP contribution in [-0.2, 0) is 4.74 Å². The van der Waals surface area contributed by atoms with Gasteiger partial charge in [-0.1, -0.05) is 0 Å². The molecule has 0 unspecified atom stereocenters. The lowest BCUT2D eigenvalue weighted by molar-refractivity contribution is -0.540. The zero-order valence-corrected chi connectivity index (χ0v) is 13.7. The third-order valence-electron chi connectivity index (χ3n) is 3.32. The van der Waals surface area contributed by atoms with Crippen molar-refractivity contribution in [2.24, 2.45) is 0 Å². The number of hydrogen-bond acceptors (Lipinski definition) is 1. The number of halogens is 22. The van der Waals surface area contributed by atoms with Gasteiger partial charge in [-0.05, 0) is 0 Å². The first kappa shape index (κ1) is 31.4. The van der Waals surface area contributed by atoms with Crippen LogP contribution in [0.1, 0.15) is 0 Å². The molecule has 33 heavy (non-hydrogen) atoms. The predicted octanol–water partition coefficient (Wildman–Crippen LogP) is 7.13. The topological polar surface area (TPSA) is 9.23 Å². The maximum Gasteiger partial charge on any atom is 0.460 e. The van der Waals surface area contributed by atoms with Crippen molar-refractivity contribution in [1.82, 2.24) is 0 Å². The summed E-state index contributed by atoms with van der Waals surface area (Å²) in [5, 5.41) is 0. The summed E-state index contributed by atoms with van der Waals surface area (Å²) in [6.45, 7) is 0. The maximum atomic E-state index is 13.7. The molecule has 23 heteroatoms. The van der Waals surface area contributed by atoms with E-state index in [1.54, 1.807) is 0 Å². The molecule has 0 fully saturated rings. The molecule has 0 aromatic rings. The van der Waals surface area contributed by atoms with Gasteiger partial charge in [-0.2, -0.15) is 96.6 Å². The van der Waals surface area contributed by atoms with Crippen molar-refractivity contribution in [1.29, 1.82) is 0 Å². The Labute approximate surface area is 163 Å². The first-order valence-electron chi connectivity index (χ1n) is 6.57. The molecule has 0 aromatic carbocycles. The van der Waals surface area contributed by atoms with Crippen LogP contribution in [0.4, 0.5) is 96.6 Å². The molecule has 0 rings (SSSR count). The maximum absolute atomic E-state index is 13.7. The number of rotatable bonds is 6. The molecule has 2 atom stereocenters. The van der Waals surface area contributed by atoms with E-state index in [1.807, 2.05) is 0 Å². The standard InChI is InChI=1S/C10F22O/c11-1(12,3(15,16)7(21,22)23)5(19,9(27,28)29)33-6(20,10(30,31)32)2(13,14)4(17,18)8(24,25)26/t5-,6-/m1/s1. The second kappa shape index (κ2) is 7.46. The summed E-state index contributed by atoms with van der Waals surface area (Å²) in [6.07, 6.45) is -33.3. The quantitative estimate of drug-likeness (QED) is 0.318. The monoisotopic (exact) mass is 554 g/mol. The molecular formula is C10F22O. The van der Waals surface area contributed by atoms with Gasteiger partial charge in [0, 0.05) is 0 Å². The van der Waals surface area contributed by atoms with Crippen LogP contribution in [0.5, 0.6) is 0 Å². The predicted molar refractivity (Wildman–Crippen MR) is 52.8 cm³/mol. The van der Waals surface area contributed by atoms with Crippen molar-refractivity contribution >= 4 is 0 Å². The molecule has 0 heterocycles. The molecule has 200 valence electrons. The summed E-state index contributed by atoms with van der Waals surface area (Å²) in [5.74, 6) is -53.0. The molecule has 1 nitrogen and oxygen atoms in total. The Kier molecular flexibility index (Phi) is 7.10. The van der Waals surface area contributed by atoms with Crippen LogP contribution in [0.3, 0.4) is 0 Å². The molecule has 0 aromatic heterocycles. The summed E-state index contributed by atoms with van der Waals surface area (Å²) >= 11 is 0. The van der Waals surface area contributed by atoms with Gasteiger partial charge >= 0.3 is 60.1 Å². The van der Waals surface area contributed by atoms with Gasteiger partial charge < -0.3 is 0 Å². The van der Waals surface area contributed by atoms with Crippen LogP contribution in [0, 0.1) is 0 Å². The molecule has 0 aliphatic carbocycles. The van der Waals surface area contributed by atoms with E-state index in [0.717, 1.165) is 4.74 Å². The van der Waals surface area contributed by atoms with Crippen LogP contribution in [0.2, 0.25) is 0 Å². The summed E-state index contributed by atoms with van der Waals surface area (Å²) in [5.41, 5.74) is 0. The van der Waals surface area contributed by atoms with Gasteiger partial charge in [0.1, 0.15) is 0 Å². The molecule has 0 N–H and O–H groups in total. The first-order chi connectivity index (χ1) is 13.7. The highest BCUT2D eigenvalue weighted by Gasteiger charge is 2.94. The molecule has 0 aliphatic heterocycles. The van der Waals surface area contributed by atoms with Gasteiger partial charge in [0.25, 0.3) is 0 Å². The highest BCUT2D eigenvalue weighted by molar-refractivity contribution is 5.10.